The van der Waals surface area contributed by atoms with Gasteiger partial charge in [-0.15, -0.1) is 0 Å². The van der Waals surface area contributed by atoms with Crippen molar-refractivity contribution in [1.29, 1.82) is 0 Å². The molecule has 0 aliphatic rings. The molecule has 0 fully saturated rings. The first-order chi connectivity index (χ1) is 19.2. The zero-order valence-corrected chi connectivity index (χ0v) is 25.7. The lowest BCUT2D eigenvalue weighted by Gasteiger charge is -2.43. The molecule has 5 aromatic rings. The minimum atomic E-state index is -2.74. The van der Waals surface area contributed by atoms with Crippen LogP contribution in [0.3, 0.4) is 0 Å². The molecular weight excluding hydrogens is 578 g/mol. The normalized spacial score (nSPS) is 11.7. The molecule has 202 valence electrons. The monoisotopic (exact) mass is 609 g/mol. The van der Waals surface area contributed by atoms with Gasteiger partial charge in [0.05, 0.1) is 18.4 Å². The molecule has 0 radical (unpaired) electrons. The summed E-state index contributed by atoms with van der Waals surface area (Å²) in [5, 5.41) is 2.32. The standard InChI is InChI=1S/C34H32BrNO3Si/c1-34(2,3)40(28-13-7-5-8-14-28,29-15-9-6-10-16-29)39-27-19-17-25(18-20-27)32-30(35)23-26(33(37)38-4)24-31(32)36-21-11-12-22-36/h5-24H,1-4H3. The summed E-state index contributed by atoms with van der Waals surface area (Å²) in [5.41, 5.74) is 3.33. The van der Waals surface area contributed by atoms with Crippen molar-refractivity contribution < 1.29 is 14.0 Å². The fourth-order valence-corrected chi connectivity index (χ4v) is 10.4. The molecule has 0 spiro atoms. The number of nitrogens with zero attached hydrogens (tertiary/aromatic N) is 1. The van der Waals surface area contributed by atoms with E-state index in [2.05, 4.69) is 122 Å². The first-order valence-electron chi connectivity index (χ1n) is 13.2. The number of esters is 1. The summed E-state index contributed by atoms with van der Waals surface area (Å²) in [6.45, 7) is 6.82. The number of carbonyl (C=O) groups excluding carboxylic acids is 1. The van der Waals surface area contributed by atoms with E-state index < -0.39 is 8.32 Å². The topological polar surface area (TPSA) is 40.5 Å². The highest BCUT2D eigenvalue weighted by Crippen LogP contribution is 2.40. The molecule has 1 aromatic heterocycles. The van der Waals surface area contributed by atoms with E-state index in [1.54, 1.807) is 6.07 Å². The van der Waals surface area contributed by atoms with Crippen LogP contribution in [0.15, 0.2) is 126 Å². The van der Waals surface area contributed by atoms with Gasteiger partial charge < -0.3 is 13.7 Å². The Morgan fingerprint density at radius 1 is 0.775 bits per heavy atom. The summed E-state index contributed by atoms with van der Waals surface area (Å²) in [5.74, 6) is 0.442. The Morgan fingerprint density at radius 3 is 1.82 bits per heavy atom. The van der Waals surface area contributed by atoms with Crippen molar-refractivity contribution in [2.45, 2.75) is 25.8 Å². The Labute approximate surface area is 245 Å². The van der Waals surface area contributed by atoms with Crippen LogP contribution in [0.25, 0.3) is 16.8 Å². The van der Waals surface area contributed by atoms with Gasteiger partial charge >= 0.3 is 14.3 Å². The van der Waals surface area contributed by atoms with E-state index in [0.29, 0.717) is 5.56 Å². The predicted octanol–water partition coefficient (Wildman–Crippen LogP) is 7.63. The van der Waals surface area contributed by atoms with Crippen LogP contribution in [-0.4, -0.2) is 26.0 Å². The van der Waals surface area contributed by atoms with Gasteiger partial charge in [-0.1, -0.05) is 109 Å². The van der Waals surface area contributed by atoms with E-state index in [1.165, 1.54) is 17.5 Å². The average molecular weight is 611 g/mol. The quantitative estimate of drug-likeness (QED) is 0.141. The van der Waals surface area contributed by atoms with Crippen molar-refractivity contribution in [2.75, 3.05) is 7.11 Å². The average Bonchev–Trinajstić information content (AvgIpc) is 3.51. The van der Waals surface area contributed by atoms with Gasteiger partial charge in [-0.05, 0) is 57.4 Å². The third-order valence-electron chi connectivity index (χ3n) is 7.20. The second-order valence-electron chi connectivity index (χ2n) is 10.7. The maximum Gasteiger partial charge on any atom is 0.337 e. The molecule has 0 amide bonds. The number of carbonyl (C=O) groups is 1. The second-order valence-corrected chi connectivity index (χ2v) is 15.8. The summed E-state index contributed by atoms with van der Waals surface area (Å²) in [7, 11) is -1.35. The number of rotatable bonds is 7. The minimum Gasteiger partial charge on any atom is -0.534 e. The van der Waals surface area contributed by atoms with Gasteiger partial charge in [0.25, 0.3) is 0 Å². The molecule has 0 atom stereocenters. The van der Waals surface area contributed by atoms with E-state index in [4.69, 9.17) is 9.16 Å². The molecule has 0 N–H and O–H groups in total. The smallest absolute Gasteiger partial charge is 0.337 e. The molecule has 0 aliphatic heterocycles. The molecule has 0 unspecified atom stereocenters. The fourth-order valence-electron chi connectivity index (χ4n) is 5.33. The highest BCUT2D eigenvalue weighted by molar-refractivity contribution is 9.10. The predicted molar refractivity (Wildman–Crippen MR) is 168 cm³/mol. The van der Waals surface area contributed by atoms with Gasteiger partial charge in [-0.2, -0.15) is 0 Å². The van der Waals surface area contributed by atoms with Gasteiger partial charge in [0.2, 0.25) is 0 Å². The highest BCUT2D eigenvalue weighted by atomic mass is 79.9. The first kappa shape index (κ1) is 27.7. The largest absolute Gasteiger partial charge is 0.534 e. The summed E-state index contributed by atoms with van der Waals surface area (Å²) >= 11 is 3.73. The van der Waals surface area contributed by atoms with Crippen LogP contribution in [0.4, 0.5) is 0 Å². The van der Waals surface area contributed by atoms with Crippen molar-refractivity contribution in [3.63, 3.8) is 0 Å². The van der Waals surface area contributed by atoms with E-state index in [9.17, 15) is 4.79 Å². The van der Waals surface area contributed by atoms with Crippen molar-refractivity contribution in [3.8, 4) is 22.6 Å². The number of aromatic nitrogens is 1. The van der Waals surface area contributed by atoms with Crippen LogP contribution in [0.1, 0.15) is 31.1 Å². The number of hydrogen-bond acceptors (Lipinski definition) is 3. The van der Waals surface area contributed by atoms with Gasteiger partial charge in [0.1, 0.15) is 5.75 Å². The maximum atomic E-state index is 12.4. The van der Waals surface area contributed by atoms with E-state index >= 15 is 0 Å². The van der Waals surface area contributed by atoms with Gasteiger partial charge in [-0.3, -0.25) is 0 Å². The number of ether oxygens (including phenoxy) is 1. The molecule has 40 heavy (non-hydrogen) atoms. The van der Waals surface area contributed by atoms with Crippen LogP contribution in [0.2, 0.25) is 5.04 Å². The lowest BCUT2D eigenvalue weighted by Crippen LogP contribution is -2.68. The van der Waals surface area contributed by atoms with Gasteiger partial charge in [0, 0.05) is 22.4 Å². The van der Waals surface area contributed by atoms with Gasteiger partial charge in [-0.25, -0.2) is 4.79 Å². The number of halogens is 1. The van der Waals surface area contributed by atoms with Crippen LogP contribution >= 0.6 is 15.9 Å². The highest BCUT2D eigenvalue weighted by Gasteiger charge is 2.52. The number of benzene rings is 4. The molecule has 4 aromatic carbocycles. The van der Waals surface area contributed by atoms with Crippen LogP contribution in [0, 0.1) is 0 Å². The molecule has 0 saturated carbocycles. The van der Waals surface area contributed by atoms with Crippen molar-refractivity contribution >= 4 is 40.6 Å². The lowest BCUT2D eigenvalue weighted by atomic mass is 10.0. The van der Waals surface area contributed by atoms with Crippen LogP contribution in [-0.2, 0) is 4.74 Å². The Kier molecular flexibility index (Phi) is 7.83. The molecule has 0 bridgehead atoms. The summed E-state index contributed by atoms with van der Waals surface area (Å²) in [6.07, 6.45) is 3.93. The zero-order chi connectivity index (χ0) is 28.3. The van der Waals surface area contributed by atoms with Gasteiger partial charge in [0.15, 0.2) is 0 Å². The third-order valence-corrected chi connectivity index (χ3v) is 12.8. The van der Waals surface area contributed by atoms with Crippen LogP contribution < -0.4 is 14.8 Å². The molecule has 6 heteroatoms. The SMILES string of the molecule is COC(=O)c1cc(Br)c(-c2ccc(O[Si](c3ccccc3)(c3ccccc3)C(C)(C)C)cc2)c(-n2cccc2)c1. The Morgan fingerprint density at radius 2 is 1.32 bits per heavy atom. The molecule has 4 nitrogen and oxygen atoms in total. The maximum absolute atomic E-state index is 12.4. The molecule has 0 saturated heterocycles. The van der Waals surface area contributed by atoms with E-state index in [1.807, 2.05) is 35.2 Å². The van der Waals surface area contributed by atoms with Crippen molar-refractivity contribution in [3.05, 3.63) is 132 Å². The van der Waals surface area contributed by atoms with Crippen molar-refractivity contribution in [2.24, 2.45) is 0 Å². The molecule has 0 aliphatic carbocycles. The first-order valence-corrected chi connectivity index (χ1v) is 15.9. The Hall–Kier alpha value is -3.87. The van der Waals surface area contributed by atoms with E-state index in [0.717, 1.165) is 27.0 Å². The summed E-state index contributed by atoms with van der Waals surface area (Å²) < 4.78 is 15.0. The zero-order valence-electron chi connectivity index (χ0n) is 23.1. The fraction of sp³-hybridized carbons (Fsp3) is 0.147. The second kappa shape index (κ2) is 11.3. The molecule has 1 heterocycles. The molecular formula is C34H32BrNO3Si. The van der Waals surface area contributed by atoms with Crippen LogP contribution in [0.5, 0.6) is 5.75 Å². The summed E-state index contributed by atoms with van der Waals surface area (Å²) in [6, 6.07) is 37.1. The summed E-state index contributed by atoms with van der Waals surface area (Å²) in [4.78, 5) is 12.4. The third kappa shape index (κ3) is 5.17. The van der Waals surface area contributed by atoms with E-state index in [-0.39, 0.29) is 11.0 Å². The lowest BCUT2D eigenvalue weighted by molar-refractivity contribution is 0.0600. The number of hydrogen-bond donors (Lipinski definition) is 0. The Bertz CT molecular complexity index is 1550. The van der Waals surface area contributed by atoms with Crippen molar-refractivity contribution in [1.82, 2.24) is 4.57 Å². The minimum absolute atomic E-state index is 0.136. The molecule has 5 rings (SSSR count). The number of methoxy groups -OCH3 is 1. The Balaban J connectivity index is 1.61.